The van der Waals surface area contributed by atoms with Gasteiger partial charge in [0.2, 0.25) is 0 Å². The number of nitrogens with two attached hydrogens (primary N) is 1. The molecule has 0 saturated carbocycles. The molecule has 1 heterocycles. The van der Waals surface area contributed by atoms with Gasteiger partial charge in [-0.15, -0.1) is 0 Å². The van der Waals surface area contributed by atoms with E-state index in [9.17, 15) is 0 Å². The van der Waals surface area contributed by atoms with Crippen LogP contribution in [0.2, 0.25) is 0 Å². The average Bonchev–Trinajstić information content (AvgIpc) is 2.78. The fourth-order valence-electron chi connectivity index (χ4n) is 2.82. The highest BCUT2D eigenvalue weighted by Crippen LogP contribution is 2.29. The summed E-state index contributed by atoms with van der Waals surface area (Å²) >= 11 is 1.35. The number of hydrogen-bond donors (Lipinski definition) is 2. The third kappa shape index (κ3) is 6.67. The lowest BCUT2D eigenvalue weighted by molar-refractivity contribution is -0.692. The van der Waals surface area contributed by atoms with E-state index in [1.54, 1.807) is 7.11 Å². The highest BCUT2D eigenvalue weighted by molar-refractivity contribution is 8.13. The van der Waals surface area contributed by atoms with Crippen molar-refractivity contribution < 1.29 is 14.0 Å². The van der Waals surface area contributed by atoms with Crippen LogP contribution in [0, 0.1) is 5.41 Å². The first-order valence-corrected chi connectivity index (χ1v) is 10.6. The van der Waals surface area contributed by atoms with E-state index in [0.717, 1.165) is 34.7 Å². The van der Waals surface area contributed by atoms with Gasteiger partial charge in [-0.2, -0.15) is 0 Å². The largest absolute Gasteiger partial charge is 0.493 e. The van der Waals surface area contributed by atoms with Crippen molar-refractivity contribution in [1.29, 1.82) is 5.41 Å². The summed E-state index contributed by atoms with van der Waals surface area (Å²) in [6.45, 7) is 1.32. The summed E-state index contributed by atoms with van der Waals surface area (Å²) < 4.78 is 13.5. The zero-order valence-electron chi connectivity index (χ0n) is 17.0. The lowest BCUT2D eigenvalue weighted by Gasteiger charge is -2.11. The Morgan fingerprint density at radius 3 is 2.43 bits per heavy atom. The molecule has 3 N–H and O–H groups in total. The van der Waals surface area contributed by atoms with Crippen molar-refractivity contribution in [2.75, 3.05) is 12.9 Å². The van der Waals surface area contributed by atoms with Crippen molar-refractivity contribution in [2.24, 2.45) is 5.73 Å². The molecule has 5 nitrogen and oxygen atoms in total. The zero-order valence-corrected chi connectivity index (χ0v) is 17.8. The number of thioether (sulfide) groups is 1. The molecule has 0 fully saturated rings. The van der Waals surface area contributed by atoms with Crippen LogP contribution < -0.4 is 19.8 Å². The van der Waals surface area contributed by atoms with Gasteiger partial charge in [0.05, 0.1) is 12.9 Å². The normalized spacial score (nSPS) is 10.8. The number of nitrogens with zero attached hydrogens (tertiary/aromatic N) is 1. The van der Waals surface area contributed by atoms with Crippen LogP contribution in [-0.4, -0.2) is 18.0 Å². The van der Waals surface area contributed by atoms with E-state index >= 15 is 0 Å². The second-order valence-corrected chi connectivity index (χ2v) is 7.74. The summed E-state index contributed by atoms with van der Waals surface area (Å²) in [5, 5.41) is 7.40. The number of methoxy groups -OCH3 is 1. The minimum atomic E-state index is 0.155. The van der Waals surface area contributed by atoms with Crippen molar-refractivity contribution in [3.63, 3.8) is 0 Å². The summed E-state index contributed by atoms with van der Waals surface area (Å²) in [5.41, 5.74) is 8.62. The van der Waals surface area contributed by atoms with E-state index in [4.69, 9.17) is 20.6 Å². The highest BCUT2D eigenvalue weighted by atomic mass is 32.2. The van der Waals surface area contributed by atoms with Crippen LogP contribution in [0.25, 0.3) is 12.2 Å². The molecule has 0 aliphatic heterocycles. The van der Waals surface area contributed by atoms with Crippen LogP contribution >= 0.6 is 11.8 Å². The van der Waals surface area contributed by atoms with E-state index in [0.29, 0.717) is 12.4 Å². The quantitative estimate of drug-likeness (QED) is 0.307. The standard InChI is InChI=1S/C24H26N3O2S/c1-28-23-17-20(9-10-22(23)29-18-21-5-3-2-4-6-21)8-7-19-11-13-27(14-12-19)15-16-30-24(25)26/h2-14,17H,15-16,18H2,1H3,(H3,25,26)/q+1/b8-7+. The van der Waals surface area contributed by atoms with E-state index in [1.165, 1.54) is 11.8 Å². The summed E-state index contributed by atoms with van der Waals surface area (Å²) in [6.07, 6.45) is 8.17. The van der Waals surface area contributed by atoms with Gasteiger partial charge in [-0.05, 0) is 28.8 Å². The first-order chi connectivity index (χ1) is 14.6. The average molecular weight is 421 g/mol. The molecule has 30 heavy (non-hydrogen) atoms. The molecule has 0 atom stereocenters. The number of nitrogens with one attached hydrogen (secondary N) is 1. The predicted molar refractivity (Wildman–Crippen MR) is 124 cm³/mol. The lowest BCUT2D eigenvalue weighted by Crippen LogP contribution is -2.34. The fourth-order valence-corrected chi connectivity index (χ4v) is 3.35. The van der Waals surface area contributed by atoms with Crippen molar-refractivity contribution in [1.82, 2.24) is 0 Å². The van der Waals surface area contributed by atoms with Crippen LogP contribution in [0.1, 0.15) is 16.7 Å². The molecule has 0 radical (unpaired) electrons. The molecule has 0 unspecified atom stereocenters. The van der Waals surface area contributed by atoms with E-state index in [2.05, 4.69) is 28.9 Å². The van der Waals surface area contributed by atoms with Crippen LogP contribution in [-0.2, 0) is 13.2 Å². The lowest BCUT2D eigenvalue weighted by atomic mass is 10.1. The minimum Gasteiger partial charge on any atom is -0.493 e. The molecule has 0 spiro atoms. The van der Waals surface area contributed by atoms with Crippen LogP contribution in [0.5, 0.6) is 11.5 Å². The van der Waals surface area contributed by atoms with Crippen molar-refractivity contribution in [3.8, 4) is 11.5 Å². The van der Waals surface area contributed by atoms with E-state index < -0.39 is 0 Å². The van der Waals surface area contributed by atoms with Crippen molar-refractivity contribution >= 4 is 29.1 Å². The van der Waals surface area contributed by atoms with E-state index in [1.807, 2.05) is 60.9 Å². The van der Waals surface area contributed by atoms with Gasteiger partial charge in [0.1, 0.15) is 6.61 Å². The van der Waals surface area contributed by atoms with E-state index in [-0.39, 0.29) is 5.17 Å². The Morgan fingerprint density at radius 2 is 1.73 bits per heavy atom. The van der Waals surface area contributed by atoms with Gasteiger partial charge in [0, 0.05) is 12.1 Å². The van der Waals surface area contributed by atoms with Crippen molar-refractivity contribution in [2.45, 2.75) is 13.2 Å². The number of aromatic nitrogens is 1. The maximum absolute atomic E-state index is 7.24. The van der Waals surface area contributed by atoms with Crippen LogP contribution in [0.15, 0.2) is 73.1 Å². The van der Waals surface area contributed by atoms with Gasteiger partial charge in [0.25, 0.3) is 0 Å². The Balaban J connectivity index is 1.60. The van der Waals surface area contributed by atoms with Gasteiger partial charge in [0.15, 0.2) is 35.6 Å². The van der Waals surface area contributed by atoms with Gasteiger partial charge >= 0.3 is 0 Å². The van der Waals surface area contributed by atoms with Gasteiger partial charge in [-0.3, -0.25) is 5.41 Å². The summed E-state index contributed by atoms with van der Waals surface area (Å²) in [6, 6.07) is 20.1. The summed E-state index contributed by atoms with van der Waals surface area (Å²) in [7, 11) is 1.65. The fraction of sp³-hybridized carbons (Fsp3) is 0.167. The van der Waals surface area contributed by atoms with Gasteiger partial charge in [-0.1, -0.05) is 60.3 Å². The predicted octanol–water partition coefficient (Wildman–Crippen LogP) is 4.36. The number of aryl methyl sites for hydroxylation is 1. The Bertz CT molecular complexity index is 989. The first-order valence-electron chi connectivity index (χ1n) is 9.63. The molecule has 0 aliphatic rings. The molecule has 0 aliphatic carbocycles. The maximum atomic E-state index is 7.24. The Hall–Kier alpha value is -3.25. The molecule has 0 bridgehead atoms. The molecule has 3 rings (SSSR count). The summed E-state index contributed by atoms with van der Waals surface area (Å²) in [4.78, 5) is 0. The van der Waals surface area contributed by atoms with Crippen LogP contribution in [0.4, 0.5) is 0 Å². The second-order valence-electron chi connectivity index (χ2n) is 6.60. The van der Waals surface area contributed by atoms with Crippen molar-refractivity contribution in [3.05, 3.63) is 89.7 Å². The minimum absolute atomic E-state index is 0.155. The monoisotopic (exact) mass is 420 g/mol. The number of pyridine rings is 1. The molecule has 0 amide bonds. The van der Waals surface area contributed by atoms with Gasteiger partial charge in [-0.25, -0.2) is 4.57 Å². The van der Waals surface area contributed by atoms with Crippen LogP contribution in [0.3, 0.4) is 0 Å². The third-order valence-corrected chi connectivity index (χ3v) is 5.11. The summed E-state index contributed by atoms with van der Waals surface area (Å²) in [5.74, 6) is 2.22. The molecular weight excluding hydrogens is 394 g/mol. The molecule has 1 aromatic heterocycles. The molecule has 0 saturated heterocycles. The zero-order chi connectivity index (χ0) is 21.2. The Morgan fingerprint density at radius 1 is 1.00 bits per heavy atom. The Labute approximate surface area is 181 Å². The molecule has 154 valence electrons. The smallest absolute Gasteiger partial charge is 0.169 e. The number of hydrogen-bond acceptors (Lipinski definition) is 4. The molecular formula is C24H26N3O2S+. The number of amidine groups is 1. The Kier molecular flexibility index (Phi) is 7.92. The second kappa shape index (κ2) is 11.1. The number of ether oxygens (including phenoxy) is 2. The maximum Gasteiger partial charge on any atom is 0.169 e. The molecule has 3 aromatic rings. The topological polar surface area (TPSA) is 72.2 Å². The molecule has 2 aromatic carbocycles. The number of benzene rings is 2. The molecule has 6 heteroatoms. The SMILES string of the molecule is COc1cc(/C=C/c2cc[n+](CCSC(=N)N)cc2)ccc1OCc1ccccc1. The first kappa shape index (κ1) is 21.5. The highest BCUT2D eigenvalue weighted by Gasteiger charge is 2.06. The number of rotatable bonds is 9. The third-order valence-electron chi connectivity index (χ3n) is 4.42. The van der Waals surface area contributed by atoms with Gasteiger partial charge < -0.3 is 15.2 Å².